The monoisotopic (exact) mass is 225 g/mol. The molecule has 0 fully saturated rings. The van der Waals surface area contributed by atoms with E-state index in [-0.39, 0.29) is 17.9 Å². The quantitative estimate of drug-likeness (QED) is 0.754. The Kier molecular flexibility index (Phi) is 2.46. The smallest absolute Gasteiger partial charge is 0.361 e. The standard InChI is InChI=1S/C8H7N3O3S/c1-2-14-8(13)5-4-6(15-3-9-4)7(12)11-10-5/h3H,2H2,1H3,(H,11,12). The van der Waals surface area contributed by atoms with Gasteiger partial charge in [0.25, 0.3) is 5.56 Å². The van der Waals surface area contributed by atoms with E-state index in [2.05, 4.69) is 15.2 Å². The van der Waals surface area contributed by atoms with Crippen molar-refractivity contribution in [2.24, 2.45) is 0 Å². The summed E-state index contributed by atoms with van der Waals surface area (Å²) in [7, 11) is 0. The van der Waals surface area contributed by atoms with Crippen LogP contribution in [0.1, 0.15) is 17.4 Å². The zero-order valence-electron chi connectivity index (χ0n) is 7.81. The number of nitrogens with one attached hydrogen (secondary N) is 1. The largest absolute Gasteiger partial charge is 0.461 e. The first-order valence-corrected chi connectivity index (χ1v) is 5.11. The Labute approximate surface area is 87.9 Å². The molecule has 6 nitrogen and oxygen atoms in total. The molecule has 0 bridgehead atoms. The summed E-state index contributed by atoms with van der Waals surface area (Å²) in [4.78, 5) is 26.6. The van der Waals surface area contributed by atoms with Gasteiger partial charge in [0.15, 0.2) is 5.69 Å². The third-order valence-corrected chi connectivity index (χ3v) is 2.56. The number of rotatable bonds is 2. The van der Waals surface area contributed by atoms with Gasteiger partial charge in [0.05, 0.1) is 12.1 Å². The van der Waals surface area contributed by atoms with Gasteiger partial charge >= 0.3 is 5.97 Å². The van der Waals surface area contributed by atoms with Crippen molar-refractivity contribution in [3.8, 4) is 0 Å². The second-order valence-electron chi connectivity index (χ2n) is 2.65. The summed E-state index contributed by atoms with van der Waals surface area (Å²) < 4.78 is 5.17. The molecule has 0 atom stereocenters. The Morgan fingerprint density at radius 2 is 2.47 bits per heavy atom. The second kappa shape index (κ2) is 3.77. The number of hydrogen-bond donors (Lipinski definition) is 1. The van der Waals surface area contributed by atoms with Crippen LogP contribution < -0.4 is 5.56 Å². The van der Waals surface area contributed by atoms with E-state index in [1.54, 1.807) is 6.92 Å². The number of ether oxygens (including phenoxy) is 1. The maximum atomic E-state index is 11.4. The lowest BCUT2D eigenvalue weighted by Gasteiger charge is -1.99. The first kappa shape index (κ1) is 9.78. The van der Waals surface area contributed by atoms with Crippen molar-refractivity contribution in [1.29, 1.82) is 0 Å². The van der Waals surface area contributed by atoms with Crippen LogP contribution in [0.5, 0.6) is 0 Å². The van der Waals surface area contributed by atoms with E-state index in [1.165, 1.54) is 5.51 Å². The lowest BCUT2D eigenvalue weighted by atomic mass is 10.3. The lowest BCUT2D eigenvalue weighted by molar-refractivity contribution is 0.0520. The molecular weight excluding hydrogens is 218 g/mol. The van der Waals surface area contributed by atoms with Crippen molar-refractivity contribution in [3.63, 3.8) is 0 Å². The molecule has 78 valence electrons. The molecule has 2 rings (SSSR count). The second-order valence-corrected chi connectivity index (χ2v) is 3.51. The van der Waals surface area contributed by atoms with E-state index < -0.39 is 5.97 Å². The van der Waals surface area contributed by atoms with E-state index in [0.717, 1.165) is 11.3 Å². The van der Waals surface area contributed by atoms with Crippen LogP contribution in [-0.2, 0) is 4.74 Å². The molecule has 7 heteroatoms. The predicted molar refractivity (Wildman–Crippen MR) is 54.0 cm³/mol. The summed E-state index contributed by atoms with van der Waals surface area (Å²) in [5.74, 6) is -0.579. The van der Waals surface area contributed by atoms with Gasteiger partial charge < -0.3 is 4.74 Å². The molecule has 0 radical (unpaired) electrons. The molecular formula is C8H7N3O3S. The number of aromatic amines is 1. The van der Waals surface area contributed by atoms with Crippen LogP contribution in [0.4, 0.5) is 0 Å². The van der Waals surface area contributed by atoms with Gasteiger partial charge in [0.1, 0.15) is 10.2 Å². The van der Waals surface area contributed by atoms with Gasteiger partial charge in [-0.2, -0.15) is 5.10 Å². The molecule has 2 aromatic heterocycles. The summed E-state index contributed by atoms with van der Waals surface area (Å²) in [6, 6.07) is 0. The van der Waals surface area contributed by atoms with Crippen molar-refractivity contribution in [2.45, 2.75) is 6.92 Å². The molecule has 0 aliphatic carbocycles. The summed E-state index contributed by atoms with van der Waals surface area (Å²) >= 11 is 1.16. The number of esters is 1. The molecule has 0 aliphatic heterocycles. The number of carbonyl (C=O) groups is 1. The van der Waals surface area contributed by atoms with Crippen LogP contribution in [0.25, 0.3) is 10.2 Å². The molecule has 0 saturated heterocycles. The van der Waals surface area contributed by atoms with Crippen molar-refractivity contribution >= 4 is 27.5 Å². The molecule has 0 unspecified atom stereocenters. The van der Waals surface area contributed by atoms with Crippen molar-refractivity contribution in [2.75, 3.05) is 6.61 Å². The number of carbonyl (C=O) groups excluding carboxylic acids is 1. The van der Waals surface area contributed by atoms with E-state index in [9.17, 15) is 9.59 Å². The van der Waals surface area contributed by atoms with Gasteiger partial charge in [0.2, 0.25) is 0 Å². The van der Waals surface area contributed by atoms with Gasteiger partial charge in [-0.05, 0) is 6.92 Å². The Hall–Kier alpha value is -1.76. The predicted octanol–water partition coefficient (Wildman–Crippen LogP) is 0.556. The lowest BCUT2D eigenvalue weighted by Crippen LogP contribution is -2.15. The molecule has 2 heterocycles. The number of fused-ring (bicyclic) bond motifs is 1. The van der Waals surface area contributed by atoms with Crippen LogP contribution in [0.15, 0.2) is 10.3 Å². The highest BCUT2D eigenvalue weighted by molar-refractivity contribution is 7.16. The molecule has 0 spiro atoms. The molecule has 0 aromatic carbocycles. The minimum absolute atomic E-state index is 0.0488. The minimum Gasteiger partial charge on any atom is -0.461 e. The Balaban J connectivity index is 2.62. The highest BCUT2D eigenvalue weighted by Crippen LogP contribution is 2.15. The van der Waals surface area contributed by atoms with Crippen molar-refractivity contribution < 1.29 is 9.53 Å². The third kappa shape index (κ3) is 1.61. The van der Waals surface area contributed by atoms with Gasteiger partial charge in [-0.1, -0.05) is 0 Å². The number of H-pyrrole nitrogens is 1. The van der Waals surface area contributed by atoms with Crippen LogP contribution in [-0.4, -0.2) is 27.8 Å². The minimum atomic E-state index is -0.579. The SMILES string of the molecule is CCOC(=O)c1n[nH]c(=O)c2scnc12. The average molecular weight is 225 g/mol. The maximum absolute atomic E-state index is 11.4. The van der Waals surface area contributed by atoms with Gasteiger partial charge in [-0.15, -0.1) is 11.3 Å². The van der Waals surface area contributed by atoms with Gasteiger partial charge in [0, 0.05) is 0 Å². The molecule has 15 heavy (non-hydrogen) atoms. The number of hydrogen-bond acceptors (Lipinski definition) is 6. The van der Waals surface area contributed by atoms with Gasteiger partial charge in [-0.25, -0.2) is 14.9 Å². The molecule has 2 aromatic rings. The van der Waals surface area contributed by atoms with Crippen LogP contribution >= 0.6 is 11.3 Å². The summed E-state index contributed by atoms with van der Waals surface area (Å²) in [5, 5.41) is 5.86. The topological polar surface area (TPSA) is 84.9 Å². The third-order valence-electron chi connectivity index (χ3n) is 1.74. The summed E-state index contributed by atoms with van der Waals surface area (Å²) in [5.41, 5.74) is 1.49. The molecule has 1 N–H and O–H groups in total. The highest BCUT2D eigenvalue weighted by Gasteiger charge is 2.16. The normalized spacial score (nSPS) is 10.5. The van der Waals surface area contributed by atoms with E-state index >= 15 is 0 Å². The number of thiazole rings is 1. The van der Waals surface area contributed by atoms with Crippen LogP contribution in [0.3, 0.4) is 0 Å². The summed E-state index contributed by atoms with van der Waals surface area (Å²) in [6.45, 7) is 1.95. The van der Waals surface area contributed by atoms with E-state index in [0.29, 0.717) is 10.2 Å². The van der Waals surface area contributed by atoms with Crippen molar-refractivity contribution in [3.05, 3.63) is 21.6 Å². The molecule has 0 amide bonds. The average Bonchev–Trinajstić information content (AvgIpc) is 2.68. The maximum Gasteiger partial charge on any atom is 0.361 e. The van der Waals surface area contributed by atoms with Crippen molar-refractivity contribution in [1.82, 2.24) is 15.2 Å². The first-order chi connectivity index (χ1) is 7.24. The summed E-state index contributed by atoms with van der Waals surface area (Å²) in [6.07, 6.45) is 0. The molecule has 0 saturated carbocycles. The number of nitrogens with zero attached hydrogens (tertiary/aromatic N) is 2. The fourth-order valence-electron chi connectivity index (χ4n) is 1.13. The highest BCUT2D eigenvalue weighted by atomic mass is 32.1. The fraction of sp³-hybridized carbons (Fsp3) is 0.250. The van der Waals surface area contributed by atoms with Gasteiger partial charge in [-0.3, -0.25) is 4.79 Å². The van der Waals surface area contributed by atoms with Crippen LogP contribution in [0.2, 0.25) is 0 Å². The zero-order valence-corrected chi connectivity index (χ0v) is 8.63. The zero-order chi connectivity index (χ0) is 10.8. The Morgan fingerprint density at radius 1 is 1.67 bits per heavy atom. The first-order valence-electron chi connectivity index (χ1n) is 4.23. The fourth-order valence-corrected chi connectivity index (χ4v) is 1.81. The van der Waals surface area contributed by atoms with E-state index in [4.69, 9.17) is 4.74 Å². The Bertz CT molecular complexity index is 560. The molecule has 0 aliphatic rings. The van der Waals surface area contributed by atoms with E-state index in [1.807, 2.05) is 0 Å². The van der Waals surface area contributed by atoms with Crippen LogP contribution in [0, 0.1) is 0 Å². The Morgan fingerprint density at radius 3 is 3.20 bits per heavy atom. The number of aromatic nitrogens is 3.